The first-order valence-electron chi connectivity index (χ1n) is 6.69. The zero-order chi connectivity index (χ0) is 16.9. The molecule has 120 valence electrons. The molecule has 0 heterocycles. The number of carbonyl (C=O) groups is 3. The Balaban J connectivity index is 2.74. The Morgan fingerprint density at radius 3 is 2.18 bits per heavy atom. The second kappa shape index (κ2) is 6.93. The van der Waals surface area contributed by atoms with Gasteiger partial charge in [-0.2, -0.15) is 0 Å². The van der Waals surface area contributed by atoms with E-state index < -0.39 is 29.6 Å². The lowest BCUT2D eigenvalue weighted by Gasteiger charge is -2.22. The van der Waals surface area contributed by atoms with Crippen LogP contribution in [-0.4, -0.2) is 34.7 Å². The van der Waals surface area contributed by atoms with Crippen molar-refractivity contribution in [3.63, 3.8) is 0 Å². The number of alkyl carbamates (subject to hydrolysis) is 1. The molecule has 1 rings (SSSR count). The topological polar surface area (TPSA) is 119 Å². The highest BCUT2D eigenvalue weighted by Gasteiger charge is 2.24. The quantitative estimate of drug-likeness (QED) is 0.757. The maximum atomic E-state index is 11.6. The molecule has 0 saturated carbocycles. The second-order valence-electron chi connectivity index (χ2n) is 5.80. The number of hydrogen-bond acceptors (Lipinski definition) is 4. The van der Waals surface area contributed by atoms with Gasteiger partial charge in [0.15, 0.2) is 0 Å². The zero-order valence-electron chi connectivity index (χ0n) is 12.8. The van der Waals surface area contributed by atoms with Crippen molar-refractivity contribution in [2.75, 3.05) is 0 Å². The summed E-state index contributed by atoms with van der Waals surface area (Å²) in [6.45, 7) is 5.06. The number of amides is 2. The summed E-state index contributed by atoms with van der Waals surface area (Å²) < 4.78 is 5.03. The second-order valence-corrected chi connectivity index (χ2v) is 5.80. The number of nitrogens with one attached hydrogen (secondary N) is 1. The normalized spacial score (nSPS) is 12.3. The van der Waals surface area contributed by atoms with Crippen molar-refractivity contribution in [1.29, 1.82) is 0 Å². The molecule has 0 aliphatic carbocycles. The maximum Gasteiger partial charge on any atom is 0.408 e. The summed E-state index contributed by atoms with van der Waals surface area (Å²) >= 11 is 0. The van der Waals surface area contributed by atoms with Gasteiger partial charge in [0.1, 0.15) is 11.6 Å². The molecule has 22 heavy (non-hydrogen) atoms. The Bertz CT molecular complexity index is 560. The van der Waals surface area contributed by atoms with Gasteiger partial charge in [-0.05, 0) is 38.5 Å². The van der Waals surface area contributed by atoms with Gasteiger partial charge in [-0.1, -0.05) is 12.1 Å². The lowest BCUT2D eigenvalue weighted by molar-refractivity contribution is -0.139. The van der Waals surface area contributed by atoms with E-state index in [0.29, 0.717) is 11.1 Å². The number of rotatable bonds is 5. The van der Waals surface area contributed by atoms with Crippen LogP contribution in [0.15, 0.2) is 24.3 Å². The molecule has 0 aromatic heterocycles. The largest absolute Gasteiger partial charge is 0.480 e. The molecule has 7 nitrogen and oxygen atoms in total. The molecular weight excluding hydrogens is 288 g/mol. The fourth-order valence-electron chi connectivity index (χ4n) is 1.69. The minimum atomic E-state index is -1.18. The van der Waals surface area contributed by atoms with Crippen LogP contribution in [0, 0.1) is 0 Å². The number of primary amides is 1. The van der Waals surface area contributed by atoms with E-state index in [2.05, 4.69) is 5.32 Å². The molecule has 0 aliphatic heterocycles. The van der Waals surface area contributed by atoms with E-state index in [0.717, 1.165) is 0 Å². The van der Waals surface area contributed by atoms with Crippen molar-refractivity contribution in [2.45, 2.75) is 38.8 Å². The van der Waals surface area contributed by atoms with Gasteiger partial charge in [-0.15, -0.1) is 0 Å². The molecule has 2 amide bonds. The van der Waals surface area contributed by atoms with Crippen molar-refractivity contribution >= 4 is 18.0 Å². The Labute approximate surface area is 128 Å². The lowest BCUT2D eigenvalue weighted by atomic mass is 10.0. The molecule has 0 spiro atoms. The first-order chi connectivity index (χ1) is 10.1. The highest BCUT2D eigenvalue weighted by Crippen LogP contribution is 2.09. The number of carboxylic acids is 1. The zero-order valence-corrected chi connectivity index (χ0v) is 12.8. The number of carboxylic acid groups (broad SMARTS) is 1. The minimum Gasteiger partial charge on any atom is -0.480 e. The van der Waals surface area contributed by atoms with Crippen LogP contribution in [0.3, 0.4) is 0 Å². The van der Waals surface area contributed by atoms with E-state index in [1.54, 1.807) is 32.9 Å². The van der Waals surface area contributed by atoms with Crippen molar-refractivity contribution in [3.8, 4) is 0 Å². The molecule has 0 saturated heterocycles. The Kier molecular flexibility index (Phi) is 5.50. The lowest BCUT2D eigenvalue weighted by Crippen LogP contribution is -2.44. The van der Waals surface area contributed by atoms with Crippen molar-refractivity contribution in [2.24, 2.45) is 5.73 Å². The van der Waals surface area contributed by atoms with Crippen LogP contribution >= 0.6 is 0 Å². The van der Waals surface area contributed by atoms with Crippen molar-refractivity contribution < 1.29 is 24.2 Å². The van der Waals surface area contributed by atoms with Crippen molar-refractivity contribution in [3.05, 3.63) is 35.4 Å². The summed E-state index contributed by atoms with van der Waals surface area (Å²) in [5, 5.41) is 11.5. The average molecular weight is 308 g/mol. The molecule has 1 aromatic rings. The third-order valence-electron chi connectivity index (χ3n) is 2.67. The SMILES string of the molecule is CC(C)(C)OC(=O)NC(Cc1ccc(C(N)=O)cc1)C(=O)O. The Morgan fingerprint density at radius 2 is 1.77 bits per heavy atom. The summed E-state index contributed by atoms with van der Waals surface area (Å²) in [5.41, 5.74) is 5.40. The van der Waals surface area contributed by atoms with Crippen LogP contribution in [0.25, 0.3) is 0 Å². The molecule has 4 N–H and O–H groups in total. The van der Waals surface area contributed by atoms with Crippen molar-refractivity contribution in [1.82, 2.24) is 5.32 Å². The van der Waals surface area contributed by atoms with Crippen LogP contribution < -0.4 is 11.1 Å². The third kappa shape index (κ3) is 5.82. The summed E-state index contributed by atoms with van der Waals surface area (Å²) in [6.07, 6.45) is -0.734. The average Bonchev–Trinajstić information content (AvgIpc) is 2.36. The summed E-state index contributed by atoms with van der Waals surface area (Å²) in [7, 11) is 0. The predicted octanol–water partition coefficient (Wildman–Crippen LogP) is 1.31. The van der Waals surface area contributed by atoms with Gasteiger partial charge in [0.25, 0.3) is 0 Å². The third-order valence-corrected chi connectivity index (χ3v) is 2.67. The molecule has 0 bridgehead atoms. The van der Waals surface area contributed by atoms with E-state index >= 15 is 0 Å². The number of ether oxygens (including phenoxy) is 1. The monoisotopic (exact) mass is 308 g/mol. The number of aliphatic carboxylic acids is 1. The maximum absolute atomic E-state index is 11.6. The van der Waals surface area contributed by atoms with Crippen LogP contribution in [0.2, 0.25) is 0 Å². The first-order valence-corrected chi connectivity index (χ1v) is 6.69. The molecule has 0 aliphatic rings. The van der Waals surface area contributed by atoms with E-state index in [1.807, 2.05) is 0 Å². The molecular formula is C15H20N2O5. The predicted molar refractivity (Wildman–Crippen MR) is 79.5 cm³/mol. The van der Waals surface area contributed by atoms with Gasteiger partial charge in [0.05, 0.1) is 0 Å². The summed E-state index contributed by atoms with van der Waals surface area (Å²) in [5.74, 6) is -1.74. The van der Waals surface area contributed by atoms with E-state index in [9.17, 15) is 19.5 Å². The smallest absolute Gasteiger partial charge is 0.408 e. The molecule has 7 heteroatoms. The van der Waals surface area contributed by atoms with Crippen LogP contribution in [0.4, 0.5) is 4.79 Å². The standard InChI is InChI=1S/C15H20N2O5/c1-15(2,3)22-14(21)17-11(13(19)20)8-9-4-6-10(7-5-9)12(16)18/h4-7,11H,8H2,1-3H3,(H2,16,18)(H,17,21)(H,19,20). The molecule has 1 unspecified atom stereocenters. The van der Waals surface area contributed by atoms with E-state index in [1.165, 1.54) is 12.1 Å². The van der Waals surface area contributed by atoms with Gasteiger partial charge in [-0.25, -0.2) is 9.59 Å². The molecule has 1 aromatic carbocycles. The Hall–Kier alpha value is -2.57. The van der Waals surface area contributed by atoms with Crippen LogP contribution in [-0.2, 0) is 16.0 Å². The van der Waals surface area contributed by atoms with E-state index in [-0.39, 0.29) is 6.42 Å². The summed E-state index contributed by atoms with van der Waals surface area (Å²) in [4.78, 5) is 33.9. The van der Waals surface area contributed by atoms with Crippen LogP contribution in [0.1, 0.15) is 36.7 Å². The highest BCUT2D eigenvalue weighted by atomic mass is 16.6. The number of benzene rings is 1. The highest BCUT2D eigenvalue weighted by molar-refractivity contribution is 5.92. The molecule has 0 fully saturated rings. The number of hydrogen-bond donors (Lipinski definition) is 3. The fraction of sp³-hybridized carbons (Fsp3) is 0.400. The number of nitrogens with two attached hydrogens (primary N) is 1. The van der Waals surface area contributed by atoms with Crippen LogP contribution in [0.5, 0.6) is 0 Å². The van der Waals surface area contributed by atoms with Gasteiger partial charge >= 0.3 is 12.1 Å². The van der Waals surface area contributed by atoms with Gasteiger partial charge in [0.2, 0.25) is 5.91 Å². The van der Waals surface area contributed by atoms with Gasteiger partial charge in [0, 0.05) is 12.0 Å². The molecule has 1 atom stereocenters. The Morgan fingerprint density at radius 1 is 1.23 bits per heavy atom. The van der Waals surface area contributed by atoms with Gasteiger partial charge < -0.3 is 20.9 Å². The number of carbonyl (C=O) groups excluding carboxylic acids is 2. The molecule has 0 radical (unpaired) electrons. The minimum absolute atomic E-state index is 0.0631. The van der Waals surface area contributed by atoms with Gasteiger partial charge in [-0.3, -0.25) is 4.79 Å². The fourth-order valence-corrected chi connectivity index (χ4v) is 1.69. The first kappa shape index (κ1) is 17.5. The van der Waals surface area contributed by atoms with E-state index in [4.69, 9.17) is 10.5 Å². The summed E-state index contributed by atoms with van der Waals surface area (Å²) in [6, 6.07) is 5.06.